The van der Waals surface area contributed by atoms with Crippen LogP contribution < -0.4 is 0 Å². The topological polar surface area (TPSA) is 40.2 Å². The smallest absolute Gasteiger partial charge is 0.376 e. The first-order valence-electron chi connectivity index (χ1n) is 6.78. The summed E-state index contributed by atoms with van der Waals surface area (Å²) in [7, 11) is 0. The molecular weight excluding hydrogens is 443 g/mol. The Balaban J connectivity index is 2.81. The van der Waals surface area contributed by atoms with Crippen molar-refractivity contribution in [3.8, 4) is 0 Å². The Hall–Kier alpha value is -1.07. The highest BCUT2D eigenvalue weighted by molar-refractivity contribution is 4.97. The summed E-state index contributed by atoms with van der Waals surface area (Å²) < 4.78 is 178. The van der Waals surface area contributed by atoms with Crippen molar-refractivity contribution in [1.29, 1.82) is 0 Å². The molecule has 1 aliphatic rings. The van der Waals surface area contributed by atoms with Crippen LogP contribution in [0.2, 0.25) is 0 Å². The lowest BCUT2D eigenvalue weighted by molar-refractivity contribution is -0.525. The summed E-state index contributed by atoms with van der Waals surface area (Å²) in [5.74, 6) is -15.3. The Morgan fingerprint density at radius 2 is 1.18 bits per heavy atom. The van der Waals surface area contributed by atoms with E-state index in [1.54, 1.807) is 4.74 Å². The van der Waals surface area contributed by atoms with Gasteiger partial charge in [-0.2, -0.15) is 57.1 Å². The molecule has 0 aromatic heterocycles. The van der Waals surface area contributed by atoms with Crippen LogP contribution in [0.3, 0.4) is 0 Å². The molecule has 0 radical (unpaired) electrons. The summed E-state index contributed by atoms with van der Waals surface area (Å²) in [5.41, 5.74) is 0. The van der Waals surface area contributed by atoms with E-state index < -0.39 is 49.6 Å². The van der Waals surface area contributed by atoms with Gasteiger partial charge < -0.3 is 14.2 Å². The molecule has 4 nitrogen and oxygen atoms in total. The Labute approximate surface area is 146 Å². The van der Waals surface area contributed by atoms with E-state index in [9.17, 15) is 57.1 Å². The second-order valence-corrected chi connectivity index (χ2v) is 5.18. The summed E-state index contributed by atoms with van der Waals surface area (Å²) in [6.07, 6.45) is -28.0. The molecule has 0 aromatic carbocycles. The van der Waals surface area contributed by atoms with Gasteiger partial charge >= 0.3 is 36.3 Å². The van der Waals surface area contributed by atoms with Gasteiger partial charge in [-0.05, 0) is 0 Å². The number of halogens is 13. The predicted molar refractivity (Wildman–Crippen MR) is 58.4 cm³/mol. The molecule has 0 spiro atoms. The van der Waals surface area contributed by atoms with Crippen molar-refractivity contribution in [2.45, 2.75) is 42.5 Å². The molecule has 1 rings (SSSR count). The van der Waals surface area contributed by atoms with Gasteiger partial charge in [-0.3, -0.25) is 0 Å². The molecule has 0 saturated carbocycles. The highest BCUT2D eigenvalue weighted by atomic mass is 19.4. The normalized spacial score (nSPS) is 19.8. The zero-order valence-electron chi connectivity index (χ0n) is 13.0. The van der Waals surface area contributed by atoms with Gasteiger partial charge in [0, 0.05) is 0 Å². The molecule has 1 saturated heterocycles. The first-order valence-corrected chi connectivity index (χ1v) is 6.78. The monoisotopic (exact) mass is 452 g/mol. The highest BCUT2D eigenvalue weighted by Crippen LogP contribution is 2.55. The van der Waals surface area contributed by atoms with Crippen molar-refractivity contribution >= 4 is 0 Å². The molecule has 1 aliphatic heterocycles. The van der Waals surface area contributed by atoms with Gasteiger partial charge in [-0.15, -0.1) is 0 Å². The summed E-state index contributed by atoms with van der Waals surface area (Å²) >= 11 is 0. The van der Waals surface area contributed by atoms with Crippen LogP contribution in [0.1, 0.15) is 0 Å². The van der Waals surface area contributed by atoms with Crippen molar-refractivity contribution in [1.82, 2.24) is 0 Å². The average molecular weight is 452 g/mol. The number of ether oxygens (including phenoxy) is 4. The van der Waals surface area contributed by atoms with E-state index in [2.05, 4.69) is 14.2 Å². The third kappa shape index (κ3) is 5.10. The summed E-state index contributed by atoms with van der Waals surface area (Å²) in [4.78, 5) is 0. The molecule has 1 unspecified atom stereocenters. The molecule has 0 bridgehead atoms. The fraction of sp³-hybridized carbons (Fsp3) is 1.00. The van der Waals surface area contributed by atoms with Gasteiger partial charge in [0.05, 0.1) is 26.4 Å². The lowest BCUT2D eigenvalue weighted by atomic mass is 10.1. The average Bonchev–Trinajstić information content (AvgIpc) is 3.28. The lowest BCUT2D eigenvalue weighted by Crippen LogP contribution is -2.64. The number of rotatable bonds is 11. The first kappa shape index (κ1) is 25.0. The van der Waals surface area contributed by atoms with Crippen molar-refractivity contribution in [2.24, 2.45) is 0 Å². The third-order valence-corrected chi connectivity index (χ3v) is 2.93. The Morgan fingerprint density at radius 1 is 0.679 bits per heavy atom. The minimum absolute atomic E-state index is 0.182. The Morgan fingerprint density at radius 3 is 1.61 bits per heavy atom. The molecule has 0 aromatic rings. The number of alkyl halides is 13. The molecular formula is C11H9F13O4. The summed E-state index contributed by atoms with van der Waals surface area (Å²) in [5, 5.41) is 0. The van der Waals surface area contributed by atoms with E-state index in [4.69, 9.17) is 0 Å². The zero-order valence-corrected chi connectivity index (χ0v) is 13.0. The zero-order chi connectivity index (χ0) is 22.2. The van der Waals surface area contributed by atoms with Crippen LogP contribution in [-0.2, 0) is 18.9 Å². The molecule has 1 heterocycles. The summed E-state index contributed by atoms with van der Waals surface area (Å²) in [6, 6.07) is 0. The number of hydrogen-bond acceptors (Lipinski definition) is 4. The van der Waals surface area contributed by atoms with Crippen LogP contribution >= 0.6 is 0 Å². The van der Waals surface area contributed by atoms with Gasteiger partial charge in [0.15, 0.2) is 0 Å². The lowest BCUT2D eigenvalue weighted by Gasteiger charge is -2.35. The number of epoxide rings is 1. The predicted octanol–water partition coefficient (Wildman–Crippen LogP) is 4.05. The van der Waals surface area contributed by atoms with Crippen molar-refractivity contribution < 1.29 is 76.0 Å². The minimum Gasteiger partial charge on any atom is -0.376 e. The van der Waals surface area contributed by atoms with E-state index >= 15 is 0 Å². The second-order valence-electron chi connectivity index (χ2n) is 5.18. The van der Waals surface area contributed by atoms with Crippen LogP contribution in [0.5, 0.6) is 0 Å². The fourth-order valence-electron chi connectivity index (χ4n) is 1.34. The Kier molecular flexibility index (Phi) is 6.81. The van der Waals surface area contributed by atoms with Gasteiger partial charge in [-0.25, -0.2) is 4.74 Å². The van der Waals surface area contributed by atoms with Crippen LogP contribution in [0.15, 0.2) is 0 Å². The maximum atomic E-state index is 13.1. The number of hydrogen-bond donors (Lipinski definition) is 0. The van der Waals surface area contributed by atoms with Crippen LogP contribution in [0.25, 0.3) is 0 Å². The first-order chi connectivity index (χ1) is 12.3. The summed E-state index contributed by atoms with van der Waals surface area (Å²) in [6.45, 7) is -2.21. The van der Waals surface area contributed by atoms with E-state index in [1.165, 1.54) is 0 Å². The largest absolute Gasteiger partial charge is 0.460 e. The van der Waals surface area contributed by atoms with Gasteiger partial charge in [-0.1, -0.05) is 0 Å². The molecule has 0 N–H and O–H groups in total. The van der Waals surface area contributed by atoms with Crippen LogP contribution in [0.4, 0.5) is 57.1 Å². The van der Waals surface area contributed by atoms with E-state index in [0.717, 1.165) is 0 Å². The molecule has 0 aliphatic carbocycles. The van der Waals surface area contributed by atoms with Crippen LogP contribution in [0, 0.1) is 0 Å². The van der Waals surface area contributed by atoms with Crippen molar-refractivity contribution in [2.75, 3.05) is 26.4 Å². The van der Waals surface area contributed by atoms with E-state index in [1.807, 2.05) is 0 Å². The van der Waals surface area contributed by atoms with E-state index in [-0.39, 0.29) is 19.3 Å². The fourth-order valence-corrected chi connectivity index (χ4v) is 1.34. The maximum absolute atomic E-state index is 13.1. The molecule has 168 valence electrons. The molecule has 1 atom stereocenters. The SMILES string of the molecule is FC(F)(F)C(F)(F)C(F)(F)C(F)(F)OC(F)(F)C(F)(F)OCCOCC1CO1. The van der Waals surface area contributed by atoms with Gasteiger partial charge in [0.2, 0.25) is 0 Å². The van der Waals surface area contributed by atoms with Gasteiger partial charge in [0.25, 0.3) is 0 Å². The Bertz CT molecular complexity index is 529. The highest BCUT2D eigenvalue weighted by Gasteiger charge is 2.85. The quantitative estimate of drug-likeness (QED) is 0.270. The molecule has 1 fully saturated rings. The standard InChI is InChI=1S/C11H9F13O4/c12-6(13,8(16,17)18)7(14,15)9(19,20)28-11(23,24)10(21,22)27-2-1-25-3-5-4-26-5/h5H,1-4H2. The second kappa shape index (κ2) is 7.64. The van der Waals surface area contributed by atoms with Crippen molar-refractivity contribution in [3.05, 3.63) is 0 Å². The molecule has 17 heteroatoms. The van der Waals surface area contributed by atoms with Crippen molar-refractivity contribution in [3.63, 3.8) is 0 Å². The molecule has 28 heavy (non-hydrogen) atoms. The third-order valence-electron chi connectivity index (χ3n) is 2.93. The molecule has 0 amide bonds. The van der Waals surface area contributed by atoms with Gasteiger partial charge in [0.1, 0.15) is 6.10 Å². The minimum atomic E-state index is -7.68. The van der Waals surface area contributed by atoms with E-state index in [0.29, 0.717) is 0 Å². The van der Waals surface area contributed by atoms with Crippen LogP contribution in [-0.4, -0.2) is 68.9 Å². The maximum Gasteiger partial charge on any atom is 0.460 e.